The van der Waals surface area contributed by atoms with Crippen LogP contribution in [0.25, 0.3) is 9.75 Å². The third-order valence-corrected chi connectivity index (χ3v) is 4.89. The minimum atomic E-state index is -1.36. The van der Waals surface area contributed by atoms with Gasteiger partial charge in [0.15, 0.2) is 0 Å². The molecule has 0 saturated carbocycles. The number of halogens is 1. The zero-order valence-corrected chi connectivity index (χ0v) is 13.2. The number of amides is 2. The highest BCUT2D eigenvalue weighted by Gasteiger charge is 2.17. The normalized spacial score (nSPS) is 10.2. The van der Waals surface area contributed by atoms with Crippen molar-refractivity contribution in [3.05, 3.63) is 27.1 Å². The van der Waals surface area contributed by atoms with Crippen molar-refractivity contribution in [2.75, 3.05) is 13.1 Å². The molecule has 2 amide bonds. The molecule has 0 saturated heterocycles. The van der Waals surface area contributed by atoms with Gasteiger partial charge in [0.1, 0.15) is 11.8 Å². The van der Waals surface area contributed by atoms with Gasteiger partial charge in [-0.05, 0) is 28.1 Å². The molecular weight excluding hydrogens is 366 g/mol. The number of aromatic nitrogens is 1. The fraction of sp³-hybridized carbons (Fsp3) is 0.182. The van der Waals surface area contributed by atoms with Gasteiger partial charge in [0, 0.05) is 18.0 Å². The zero-order valence-electron chi connectivity index (χ0n) is 10.0. The number of nitrogens with zero attached hydrogens (tertiary/aromatic N) is 1. The Bertz CT molecular complexity index is 626. The number of thiophene rings is 1. The van der Waals surface area contributed by atoms with E-state index in [1.165, 1.54) is 22.7 Å². The Hall–Kier alpha value is -1.45. The second-order valence-electron chi connectivity index (χ2n) is 3.60. The van der Waals surface area contributed by atoms with Crippen molar-refractivity contribution >= 4 is 50.6 Å². The van der Waals surface area contributed by atoms with Crippen LogP contribution in [-0.2, 0) is 0 Å². The molecule has 0 fully saturated rings. The maximum atomic E-state index is 12.0. The van der Waals surface area contributed by atoms with Crippen LogP contribution in [-0.4, -0.2) is 30.1 Å². The SMILES string of the molecule is O=C([O-])NCCNC(=O)c1ncsc1-c1ccc(Br)s1. The van der Waals surface area contributed by atoms with Crippen LogP contribution in [0.4, 0.5) is 4.79 Å². The summed E-state index contributed by atoms with van der Waals surface area (Å²) in [5, 5.41) is 14.8. The molecule has 2 N–H and O–H groups in total. The van der Waals surface area contributed by atoms with Gasteiger partial charge >= 0.3 is 0 Å². The number of hydrogen-bond donors (Lipinski definition) is 2. The maximum Gasteiger partial charge on any atom is 0.271 e. The van der Waals surface area contributed by atoms with E-state index in [9.17, 15) is 14.7 Å². The molecule has 9 heteroatoms. The van der Waals surface area contributed by atoms with E-state index >= 15 is 0 Å². The van der Waals surface area contributed by atoms with E-state index in [-0.39, 0.29) is 19.0 Å². The van der Waals surface area contributed by atoms with Crippen molar-refractivity contribution in [1.82, 2.24) is 15.6 Å². The standard InChI is InChI=1S/C11H10BrN3O3S2/c12-7-2-1-6(20-7)9-8(15-5-19-9)10(16)13-3-4-14-11(17)18/h1-2,5,14H,3-4H2,(H,13,16)(H,17,18)/p-1. The summed E-state index contributed by atoms with van der Waals surface area (Å²) in [6.45, 7) is 0.274. The highest BCUT2D eigenvalue weighted by molar-refractivity contribution is 9.11. The van der Waals surface area contributed by atoms with Crippen LogP contribution in [0.3, 0.4) is 0 Å². The van der Waals surface area contributed by atoms with Crippen molar-refractivity contribution < 1.29 is 14.7 Å². The number of thiazole rings is 1. The van der Waals surface area contributed by atoms with Gasteiger partial charge in [-0.3, -0.25) is 4.79 Å². The van der Waals surface area contributed by atoms with Gasteiger partial charge in [0.05, 0.1) is 14.2 Å². The third-order valence-electron chi connectivity index (χ3n) is 2.26. The maximum absolute atomic E-state index is 12.0. The number of carbonyl (C=O) groups excluding carboxylic acids is 2. The summed E-state index contributed by atoms with van der Waals surface area (Å²) >= 11 is 6.28. The Morgan fingerprint density at radius 2 is 2.05 bits per heavy atom. The summed E-state index contributed by atoms with van der Waals surface area (Å²) in [6, 6.07) is 3.82. The van der Waals surface area contributed by atoms with Gasteiger partial charge in [-0.15, -0.1) is 22.7 Å². The van der Waals surface area contributed by atoms with Crippen molar-refractivity contribution in [2.45, 2.75) is 0 Å². The van der Waals surface area contributed by atoms with E-state index < -0.39 is 6.09 Å². The average molecular weight is 375 g/mol. The quantitative estimate of drug-likeness (QED) is 0.771. The van der Waals surface area contributed by atoms with Crippen LogP contribution in [0, 0.1) is 0 Å². The minimum absolute atomic E-state index is 0.0953. The summed E-state index contributed by atoms with van der Waals surface area (Å²) in [4.78, 5) is 28.0. The largest absolute Gasteiger partial charge is 0.530 e. The van der Waals surface area contributed by atoms with Crippen LogP contribution >= 0.6 is 38.6 Å². The fourth-order valence-electron chi connectivity index (χ4n) is 1.44. The molecule has 0 aromatic carbocycles. The molecule has 0 unspecified atom stereocenters. The van der Waals surface area contributed by atoms with E-state index in [1.54, 1.807) is 5.51 Å². The van der Waals surface area contributed by atoms with Crippen LogP contribution < -0.4 is 15.7 Å². The van der Waals surface area contributed by atoms with Crippen molar-refractivity contribution in [2.24, 2.45) is 0 Å². The third kappa shape index (κ3) is 3.78. The van der Waals surface area contributed by atoms with Gasteiger partial charge < -0.3 is 20.5 Å². The summed E-state index contributed by atoms with van der Waals surface area (Å²) in [5.74, 6) is -0.328. The smallest absolute Gasteiger partial charge is 0.271 e. The molecule has 106 valence electrons. The van der Waals surface area contributed by atoms with Crippen molar-refractivity contribution in [3.63, 3.8) is 0 Å². The Labute approximate surface area is 131 Å². The molecule has 0 bridgehead atoms. The first-order valence-electron chi connectivity index (χ1n) is 5.50. The lowest BCUT2D eigenvalue weighted by molar-refractivity contribution is -0.250. The second-order valence-corrected chi connectivity index (χ2v) is 6.92. The number of rotatable bonds is 5. The van der Waals surface area contributed by atoms with Crippen LogP contribution in [0.5, 0.6) is 0 Å². The van der Waals surface area contributed by atoms with E-state index in [0.717, 1.165) is 13.5 Å². The van der Waals surface area contributed by atoms with Gasteiger partial charge in [0.25, 0.3) is 5.91 Å². The molecule has 0 radical (unpaired) electrons. The summed E-state index contributed by atoms with van der Waals surface area (Å²) in [6.07, 6.45) is -1.36. The predicted octanol–water partition coefficient (Wildman–Crippen LogP) is 1.30. The van der Waals surface area contributed by atoms with Gasteiger partial charge in [-0.25, -0.2) is 4.98 Å². The van der Waals surface area contributed by atoms with Crippen molar-refractivity contribution in [1.29, 1.82) is 0 Å². The van der Waals surface area contributed by atoms with E-state index in [4.69, 9.17) is 0 Å². The monoisotopic (exact) mass is 374 g/mol. The van der Waals surface area contributed by atoms with Gasteiger partial charge in [-0.1, -0.05) is 0 Å². The highest BCUT2D eigenvalue weighted by atomic mass is 79.9. The molecule has 0 aliphatic heterocycles. The average Bonchev–Trinajstić information content (AvgIpc) is 3.02. The molecule has 0 atom stereocenters. The lowest BCUT2D eigenvalue weighted by Gasteiger charge is -2.07. The number of nitrogens with one attached hydrogen (secondary N) is 2. The lowest BCUT2D eigenvalue weighted by Crippen LogP contribution is -2.41. The predicted molar refractivity (Wildman–Crippen MR) is 78.9 cm³/mol. The minimum Gasteiger partial charge on any atom is -0.530 e. The Kier molecular flexibility index (Phi) is 5.10. The molecule has 0 spiro atoms. The first kappa shape index (κ1) is 14.9. The molecule has 2 heterocycles. The molecule has 0 aliphatic carbocycles. The molecule has 2 rings (SSSR count). The number of hydrogen-bond acceptors (Lipinski definition) is 6. The van der Waals surface area contributed by atoms with Gasteiger partial charge in [0.2, 0.25) is 0 Å². The van der Waals surface area contributed by atoms with Crippen LogP contribution in [0.15, 0.2) is 21.4 Å². The molecule has 20 heavy (non-hydrogen) atoms. The second kappa shape index (κ2) is 6.82. The molecule has 0 aliphatic rings. The fourth-order valence-corrected chi connectivity index (χ4v) is 3.74. The number of carboxylic acid groups (broad SMARTS) is 1. The Morgan fingerprint density at radius 3 is 2.70 bits per heavy atom. The summed E-state index contributed by atoms with van der Waals surface area (Å²) in [7, 11) is 0. The van der Waals surface area contributed by atoms with Crippen LogP contribution in [0.1, 0.15) is 10.5 Å². The summed E-state index contributed by atoms with van der Waals surface area (Å²) in [5.41, 5.74) is 1.95. The van der Waals surface area contributed by atoms with E-state index in [2.05, 4.69) is 31.5 Å². The van der Waals surface area contributed by atoms with E-state index in [0.29, 0.717) is 5.69 Å². The molecular formula is C11H9BrN3O3S2-. The van der Waals surface area contributed by atoms with Gasteiger partial charge in [-0.2, -0.15) is 0 Å². The number of carbonyl (C=O) groups is 2. The molecule has 6 nitrogen and oxygen atoms in total. The molecule has 2 aromatic rings. The van der Waals surface area contributed by atoms with E-state index in [1.807, 2.05) is 12.1 Å². The zero-order chi connectivity index (χ0) is 14.5. The molecule has 2 aromatic heterocycles. The lowest BCUT2D eigenvalue weighted by atomic mass is 10.3. The van der Waals surface area contributed by atoms with Crippen molar-refractivity contribution in [3.8, 4) is 9.75 Å². The summed E-state index contributed by atoms with van der Waals surface area (Å²) < 4.78 is 0.977. The first-order valence-corrected chi connectivity index (χ1v) is 7.99. The highest BCUT2D eigenvalue weighted by Crippen LogP contribution is 2.35. The Morgan fingerprint density at radius 1 is 1.30 bits per heavy atom. The topological polar surface area (TPSA) is 94.1 Å². The van der Waals surface area contributed by atoms with Crippen LogP contribution in [0.2, 0.25) is 0 Å². The first-order chi connectivity index (χ1) is 9.58. The Balaban J connectivity index is 2.01.